The van der Waals surface area contributed by atoms with Gasteiger partial charge in [-0.05, 0) is 39.3 Å². The summed E-state index contributed by atoms with van der Waals surface area (Å²) in [6, 6.07) is 5.59. The molecule has 1 aliphatic heterocycles. The van der Waals surface area contributed by atoms with Crippen LogP contribution in [0.1, 0.15) is 32.8 Å². The minimum Gasteiger partial charge on any atom is -0.490 e. The number of β-amino-alcohol motifs (C(OH)–C–C–N with tert-alkyl or cyclic N) is 1. The van der Waals surface area contributed by atoms with Crippen LogP contribution in [-0.4, -0.2) is 53.3 Å². The number of amides is 1. The van der Waals surface area contributed by atoms with Crippen LogP contribution in [0.4, 0.5) is 5.69 Å². The number of hydrogen-bond donors (Lipinski definition) is 5. The van der Waals surface area contributed by atoms with Crippen LogP contribution in [0.3, 0.4) is 0 Å². The Kier molecular flexibility index (Phi) is 7.97. The highest BCUT2D eigenvalue weighted by Gasteiger charge is 2.19. The molecule has 2 rings (SSSR count). The molecule has 5 N–H and O–H groups in total. The van der Waals surface area contributed by atoms with Gasteiger partial charge in [0.05, 0.1) is 0 Å². The van der Waals surface area contributed by atoms with Gasteiger partial charge in [-0.1, -0.05) is 6.07 Å². The first kappa shape index (κ1) is 22.3. The predicted molar refractivity (Wildman–Crippen MR) is 96.8 cm³/mol. The molecular weight excluding hydrogens is 364 g/mol. The highest BCUT2D eigenvalue weighted by atomic mass is 32.3. The van der Waals surface area contributed by atoms with Crippen molar-refractivity contribution >= 4 is 22.0 Å². The van der Waals surface area contributed by atoms with Gasteiger partial charge in [0, 0.05) is 29.8 Å². The van der Waals surface area contributed by atoms with Gasteiger partial charge in [0.1, 0.15) is 18.5 Å². The van der Waals surface area contributed by atoms with Crippen LogP contribution in [0.2, 0.25) is 0 Å². The van der Waals surface area contributed by atoms with E-state index >= 15 is 0 Å². The minimum absolute atomic E-state index is 0.0306. The summed E-state index contributed by atoms with van der Waals surface area (Å²) in [6.45, 7) is 6.87. The van der Waals surface area contributed by atoms with Crippen LogP contribution >= 0.6 is 0 Å². The van der Waals surface area contributed by atoms with Gasteiger partial charge in [-0.25, -0.2) is 0 Å². The number of carbonyl (C=O) groups is 1. The Morgan fingerprint density at radius 2 is 1.88 bits per heavy atom. The first-order valence-electron chi connectivity index (χ1n) is 8.02. The molecule has 1 aromatic carbocycles. The van der Waals surface area contributed by atoms with Crippen molar-refractivity contribution in [2.45, 2.75) is 45.3 Å². The molecule has 1 amide bonds. The van der Waals surface area contributed by atoms with Crippen molar-refractivity contribution in [3.63, 3.8) is 0 Å². The van der Waals surface area contributed by atoms with Gasteiger partial charge in [0.2, 0.25) is 5.91 Å². The Morgan fingerprint density at radius 1 is 1.27 bits per heavy atom. The fourth-order valence-corrected chi connectivity index (χ4v) is 2.20. The zero-order valence-electron chi connectivity index (χ0n) is 15.0. The summed E-state index contributed by atoms with van der Waals surface area (Å²) in [5.41, 5.74) is 1.79. The number of hydrogen-bond acceptors (Lipinski definition) is 6. The lowest BCUT2D eigenvalue weighted by molar-refractivity contribution is -0.116. The number of benzene rings is 1. The summed E-state index contributed by atoms with van der Waals surface area (Å²) in [4.78, 5) is 11.4. The zero-order valence-corrected chi connectivity index (χ0v) is 15.8. The van der Waals surface area contributed by atoms with Gasteiger partial charge >= 0.3 is 10.4 Å². The maximum absolute atomic E-state index is 11.4. The summed E-state index contributed by atoms with van der Waals surface area (Å²) in [7, 11) is -4.67. The van der Waals surface area contributed by atoms with Crippen LogP contribution in [0.15, 0.2) is 18.2 Å². The SMILES string of the molecule is CC(C)(C)NCC(O)COc1cccc2c1CCC(=O)N2.O=S(=O)(O)O. The second-order valence-corrected chi connectivity index (χ2v) is 7.77. The van der Waals surface area contributed by atoms with E-state index in [-0.39, 0.29) is 18.1 Å². The van der Waals surface area contributed by atoms with Crippen LogP contribution in [0.5, 0.6) is 5.75 Å². The fourth-order valence-electron chi connectivity index (χ4n) is 2.20. The Hall–Kier alpha value is -1.72. The highest BCUT2D eigenvalue weighted by Crippen LogP contribution is 2.31. The fraction of sp³-hybridized carbons (Fsp3) is 0.562. The first-order valence-corrected chi connectivity index (χ1v) is 9.42. The molecule has 1 unspecified atom stereocenters. The molecular formula is C16H26N2O7S. The molecule has 0 bridgehead atoms. The molecule has 0 spiro atoms. The Morgan fingerprint density at radius 3 is 2.46 bits per heavy atom. The molecule has 0 fully saturated rings. The van der Waals surface area contributed by atoms with E-state index in [4.69, 9.17) is 22.3 Å². The third-order valence-electron chi connectivity index (χ3n) is 3.31. The molecule has 26 heavy (non-hydrogen) atoms. The average molecular weight is 390 g/mol. The molecule has 0 radical (unpaired) electrons. The van der Waals surface area contributed by atoms with E-state index in [9.17, 15) is 9.90 Å². The molecule has 0 aliphatic carbocycles. The van der Waals surface area contributed by atoms with Crippen molar-refractivity contribution in [1.82, 2.24) is 5.32 Å². The topological polar surface area (TPSA) is 145 Å². The van der Waals surface area contributed by atoms with E-state index in [0.717, 1.165) is 17.0 Å². The number of aliphatic hydroxyl groups excluding tert-OH is 1. The maximum Gasteiger partial charge on any atom is 0.394 e. The molecule has 10 heteroatoms. The average Bonchev–Trinajstić information content (AvgIpc) is 2.48. The molecule has 9 nitrogen and oxygen atoms in total. The third kappa shape index (κ3) is 9.68. The molecule has 1 aliphatic rings. The van der Waals surface area contributed by atoms with Gasteiger partial charge in [0.25, 0.3) is 0 Å². The molecule has 1 aromatic rings. The van der Waals surface area contributed by atoms with E-state index in [1.54, 1.807) is 0 Å². The Bertz CT molecular complexity index is 706. The van der Waals surface area contributed by atoms with Crippen LogP contribution in [0, 0.1) is 0 Å². The van der Waals surface area contributed by atoms with Crippen molar-refractivity contribution in [3.8, 4) is 5.75 Å². The maximum atomic E-state index is 11.4. The number of carbonyl (C=O) groups excluding carboxylic acids is 1. The molecule has 148 valence electrons. The smallest absolute Gasteiger partial charge is 0.394 e. The summed E-state index contributed by atoms with van der Waals surface area (Å²) in [5.74, 6) is 0.774. The summed E-state index contributed by atoms with van der Waals surface area (Å²) in [6.07, 6.45) is 0.577. The lowest BCUT2D eigenvalue weighted by atomic mass is 10.0. The normalized spacial score (nSPS) is 15.2. The van der Waals surface area contributed by atoms with Crippen molar-refractivity contribution in [3.05, 3.63) is 23.8 Å². The second-order valence-electron chi connectivity index (χ2n) is 6.87. The number of fused-ring (bicyclic) bond motifs is 1. The lowest BCUT2D eigenvalue weighted by Crippen LogP contribution is -2.42. The van der Waals surface area contributed by atoms with Crippen LogP contribution in [-0.2, 0) is 21.6 Å². The van der Waals surface area contributed by atoms with E-state index in [1.165, 1.54) is 0 Å². The number of nitrogens with one attached hydrogen (secondary N) is 2. The van der Waals surface area contributed by atoms with E-state index in [1.807, 2.05) is 18.2 Å². The largest absolute Gasteiger partial charge is 0.490 e. The number of aliphatic hydroxyl groups is 1. The molecule has 1 heterocycles. The van der Waals surface area contributed by atoms with E-state index in [0.29, 0.717) is 19.4 Å². The number of rotatable bonds is 5. The number of ether oxygens (including phenoxy) is 1. The standard InChI is InChI=1S/C16H24N2O3.H2O4S/c1-16(2,3)17-9-11(19)10-21-14-6-4-5-13-12(14)7-8-15(20)18-13;1-5(2,3)4/h4-6,11,17,19H,7-10H2,1-3H3,(H,18,20);(H2,1,2,3,4). The monoisotopic (exact) mass is 390 g/mol. The first-order chi connectivity index (χ1) is 11.8. The number of anilines is 1. The summed E-state index contributed by atoms with van der Waals surface area (Å²) in [5, 5.41) is 16.0. The predicted octanol–water partition coefficient (Wildman–Crippen LogP) is 1.05. The van der Waals surface area contributed by atoms with Crippen LogP contribution < -0.4 is 15.4 Å². The van der Waals surface area contributed by atoms with E-state index in [2.05, 4.69) is 31.4 Å². The summed E-state index contributed by atoms with van der Waals surface area (Å²) < 4.78 is 37.3. The van der Waals surface area contributed by atoms with Gasteiger partial charge < -0.3 is 20.5 Å². The third-order valence-corrected chi connectivity index (χ3v) is 3.31. The zero-order chi connectivity index (χ0) is 20.0. The summed E-state index contributed by atoms with van der Waals surface area (Å²) >= 11 is 0. The lowest BCUT2D eigenvalue weighted by Gasteiger charge is -2.24. The second kappa shape index (κ2) is 9.28. The van der Waals surface area contributed by atoms with Crippen molar-refractivity contribution in [1.29, 1.82) is 0 Å². The highest BCUT2D eigenvalue weighted by molar-refractivity contribution is 7.79. The van der Waals surface area contributed by atoms with Crippen molar-refractivity contribution in [2.75, 3.05) is 18.5 Å². The molecule has 0 saturated carbocycles. The Balaban J connectivity index is 0.000000597. The van der Waals surface area contributed by atoms with Gasteiger partial charge in [-0.15, -0.1) is 0 Å². The molecule has 1 atom stereocenters. The Labute approximate surface area is 153 Å². The van der Waals surface area contributed by atoms with Crippen molar-refractivity contribution in [2.24, 2.45) is 0 Å². The molecule has 0 saturated heterocycles. The van der Waals surface area contributed by atoms with Gasteiger partial charge in [-0.2, -0.15) is 8.42 Å². The van der Waals surface area contributed by atoms with Crippen LogP contribution in [0.25, 0.3) is 0 Å². The van der Waals surface area contributed by atoms with E-state index < -0.39 is 16.5 Å². The molecule has 0 aromatic heterocycles. The minimum atomic E-state index is -4.67. The van der Waals surface area contributed by atoms with Gasteiger partial charge in [-0.3, -0.25) is 13.9 Å². The van der Waals surface area contributed by atoms with Gasteiger partial charge in [0.15, 0.2) is 0 Å². The quantitative estimate of drug-likeness (QED) is 0.469. The van der Waals surface area contributed by atoms with Crippen molar-refractivity contribution < 1.29 is 32.2 Å².